The van der Waals surface area contributed by atoms with E-state index in [1.807, 2.05) is 19.1 Å². The van der Waals surface area contributed by atoms with E-state index in [4.69, 9.17) is 4.74 Å². The van der Waals surface area contributed by atoms with Crippen molar-refractivity contribution in [1.29, 1.82) is 0 Å². The van der Waals surface area contributed by atoms with Gasteiger partial charge in [-0.1, -0.05) is 23.8 Å². The summed E-state index contributed by atoms with van der Waals surface area (Å²) in [6.45, 7) is 1.91. The standard InChI is InChI=1S/C19H20F2N2O4S/c1-14-5-7-15(8-6-14)27-13-18(24)22-9-11-23(12-10-22)28(25,26)19-16(20)3-2-4-17(19)21/h2-8H,9-13H2,1H3. The maximum Gasteiger partial charge on any atom is 0.260 e. The van der Waals surface area contributed by atoms with Gasteiger partial charge in [-0.15, -0.1) is 0 Å². The van der Waals surface area contributed by atoms with Crippen LogP contribution in [0.2, 0.25) is 0 Å². The van der Waals surface area contributed by atoms with E-state index in [0.29, 0.717) is 5.75 Å². The van der Waals surface area contributed by atoms with E-state index in [-0.39, 0.29) is 38.7 Å². The zero-order chi connectivity index (χ0) is 20.3. The predicted octanol–water partition coefficient (Wildman–Crippen LogP) is 2.19. The van der Waals surface area contributed by atoms with Gasteiger partial charge >= 0.3 is 0 Å². The van der Waals surface area contributed by atoms with Crippen LogP contribution in [-0.2, 0) is 14.8 Å². The van der Waals surface area contributed by atoms with E-state index >= 15 is 0 Å². The van der Waals surface area contributed by atoms with Crippen LogP contribution in [0, 0.1) is 18.6 Å². The van der Waals surface area contributed by atoms with Crippen LogP contribution in [-0.4, -0.2) is 56.3 Å². The SMILES string of the molecule is Cc1ccc(OCC(=O)N2CCN(S(=O)(=O)c3c(F)cccc3F)CC2)cc1. The second-order valence-electron chi connectivity index (χ2n) is 6.44. The number of ether oxygens (including phenoxy) is 1. The van der Waals surface area contributed by atoms with E-state index in [9.17, 15) is 22.0 Å². The number of carbonyl (C=O) groups excluding carboxylic acids is 1. The van der Waals surface area contributed by atoms with Crippen molar-refractivity contribution in [1.82, 2.24) is 9.21 Å². The molecule has 1 saturated heterocycles. The highest BCUT2D eigenvalue weighted by molar-refractivity contribution is 7.89. The Bertz CT molecular complexity index is 936. The van der Waals surface area contributed by atoms with E-state index in [2.05, 4.69) is 0 Å². The fourth-order valence-electron chi connectivity index (χ4n) is 2.91. The number of amides is 1. The summed E-state index contributed by atoms with van der Waals surface area (Å²) in [5.74, 6) is -1.99. The maximum absolute atomic E-state index is 13.9. The smallest absolute Gasteiger partial charge is 0.260 e. The van der Waals surface area contributed by atoms with Crippen LogP contribution >= 0.6 is 0 Å². The van der Waals surface area contributed by atoms with E-state index < -0.39 is 26.6 Å². The lowest BCUT2D eigenvalue weighted by molar-refractivity contribution is -0.134. The van der Waals surface area contributed by atoms with E-state index in [0.717, 1.165) is 28.1 Å². The van der Waals surface area contributed by atoms with E-state index in [1.54, 1.807) is 12.1 Å². The lowest BCUT2D eigenvalue weighted by Crippen LogP contribution is -2.51. The molecular weight excluding hydrogens is 390 g/mol. The summed E-state index contributed by atoms with van der Waals surface area (Å²) in [6, 6.07) is 10.2. The first kappa shape index (κ1) is 20.2. The van der Waals surface area contributed by atoms with Crippen molar-refractivity contribution in [3.8, 4) is 5.75 Å². The number of hydrogen-bond donors (Lipinski definition) is 0. The van der Waals surface area contributed by atoms with Gasteiger partial charge in [0.1, 0.15) is 17.4 Å². The van der Waals surface area contributed by atoms with Gasteiger partial charge in [0.25, 0.3) is 5.91 Å². The van der Waals surface area contributed by atoms with E-state index in [1.165, 1.54) is 4.90 Å². The Labute approximate surface area is 162 Å². The molecule has 0 spiro atoms. The first-order chi connectivity index (χ1) is 13.3. The molecule has 0 aliphatic carbocycles. The van der Waals surface area contributed by atoms with Gasteiger partial charge in [0.2, 0.25) is 10.0 Å². The van der Waals surface area contributed by atoms with Gasteiger partial charge in [-0.3, -0.25) is 4.79 Å². The Morgan fingerprint density at radius 2 is 1.57 bits per heavy atom. The summed E-state index contributed by atoms with van der Waals surface area (Å²) < 4.78 is 59.3. The summed E-state index contributed by atoms with van der Waals surface area (Å²) in [4.78, 5) is 12.8. The molecule has 0 aromatic heterocycles. The number of aryl methyl sites for hydroxylation is 1. The monoisotopic (exact) mass is 410 g/mol. The Hall–Kier alpha value is -2.52. The summed E-state index contributed by atoms with van der Waals surface area (Å²) in [6.07, 6.45) is 0. The van der Waals surface area contributed by atoms with Crippen LogP contribution in [0.5, 0.6) is 5.75 Å². The highest BCUT2D eigenvalue weighted by atomic mass is 32.2. The Morgan fingerprint density at radius 3 is 2.14 bits per heavy atom. The number of hydrogen-bond acceptors (Lipinski definition) is 4. The fraction of sp³-hybridized carbons (Fsp3) is 0.316. The second-order valence-corrected chi connectivity index (χ2v) is 8.31. The summed E-state index contributed by atoms with van der Waals surface area (Å²) in [5, 5.41) is 0. The molecule has 1 heterocycles. The van der Waals surface area contributed by atoms with Gasteiger partial charge in [-0.05, 0) is 31.2 Å². The molecule has 1 aliphatic heterocycles. The molecule has 0 saturated carbocycles. The fourth-order valence-corrected chi connectivity index (χ4v) is 4.44. The van der Waals surface area contributed by atoms with Gasteiger partial charge in [0.05, 0.1) is 0 Å². The van der Waals surface area contributed by atoms with Crippen molar-refractivity contribution < 1.29 is 26.7 Å². The molecule has 1 amide bonds. The Balaban J connectivity index is 1.59. The minimum absolute atomic E-state index is 0.0492. The molecule has 6 nitrogen and oxygen atoms in total. The topological polar surface area (TPSA) is 66.9 Å². The molecule has 0 radical (unpaired) electrons. The Morgan fingerprint density at radius 1 is 1.00 bits per heavy atom. The van der Waals surface area contributed by atoms with Crippen molar-refractivity contribution in [3.63, 3.8) is 0 Å². The molecule has 1 aliphatic rings. The molecule has 28 heavy (non-hydrogen) atoms. The first-order valence-electron chi connectivity index (χ1n) is 8.70. The minimum Gasteiger partial charge on any atom is -0.484 e. The number of benzene rings is 2. The van der Waals surface area contributed by atoms with Crippen molar-refractivity contribution >= 4 is 15.9 Å². The first-order valence-corrected chi connectivity index (χ1v) is 10.1. The number of sulfonamides is 1. The molecule has 0 atom stereocenters. The second kappa shape index (κ2) is 8.24. The van der Waals surface area contributed by atoms with Crippen molar-refractivity contribution in [2.75, 3.05) is 32.8 Å². The largest absolute Gasteiger partial charge is 0.484 e. The number of carbonyl (C=O) groups is 1. The quantitative estimate of drug-likeness (QED) is 0.758. The Kier molecular flexibility index (Phi) is 5.95. The molecule has 3 rings (SSSR count). The lowest BCUT2D eigenvalue weighted by atomic mass is 10.2. The minimum atomic E-state index is -4.32. The molecule has 0 unspecified atom stereocenters. The van der Waals surface area contributed by atoms with Crippen LogP contribution in [0.3, 0.4) is 0 Å². The third-order valence-corrected chi connectivity index (χ3v) is 6.44. The van der Waals surface area contributed by atoms with Crippen LogP contribution in [0.25, 0.3) is 0 Å². The third kappa shape index (κ3) is 4.31. The van der Waals surface area contributed by atoms with Crippen molar-refractivity contribution in [3.05, 3.63) is 59.7 Å². The van der Waals surface area contributed by atoms with Gasteiger partial charge in [-0.25, -0.2) is 17.2 Å². The van der Waals surface area contributed by atoms with Gasteiger partial charge in [0.15, 0.2) is 11.5 Å². The van der Waals surface area contributed by atoms with Gasteiger partial charge in [-0.2, -0.15) is 4.31 Å². The molecule has 2 aromatic carbocycles. The molecular formula is C19H20F2N2O4S. The average molecular weight is 410 g/mol. The summed E-state index contributed by atoms with van der Waals surface area (Å²) in [7, 11) is -4.32. The summed E-state index contributed by atoms with van der Waals surface area (Å²) >= 11 is 0. The maximum atomic E-state index is 13.9. The highest BCUT2D eigenvalue weighted by Gasteiger charge is 2.34. The molecule has 150 valence electrons. The van der Waals surface area contributed by atoms with Gasteiger partial charge in [0, 0.05) is 26.2 Å². The normalized spacial score (nSPS) is 15.5. The van der Waals surface area contributed by atoms with Gasteiger partial charge < -0.3 is 9.64 Å². The zero-order valence-electron chi connectivity index (χ0n) is 15.3. The number of piperazine rings is 1. The van der Waals surface area contributed by atoms with Crippen LogP contribution in [0.1, 0.15) is 5.56 Å². The highest BCUT2D eigenvalue weighted by Crippen LogP contribution is 2.23. The third-order valence-electron chi connectivity index (χ3n) is 4.49. The number of nitrogens with zero attached hydrogens (tertiary/aromatic N) is 2. The van der Waals surface area contributed by atoms with Crippen molar-refractivity contribution in [2.24, 2.45) is 0 Å². The molecule has 0 N–H and O–H groups in total. The zero-order valence-corrected chi connectivity index (χ0v) is 16.1. The predicted molar refractivity (Wildman–Crippen MR) is 98.4 cm³/mol. The van der Waals surface area contributed by atoms with Crippen LogP contribution in [0.15, 0.2) is 47.4 Å². The number of rotatable bonds is 5. The molecule has 0 bridgehead atoms. The molecule has 2 aromatic rings. The lowest BCUT2D eigenvalue weighted by Gasteiger charge is -2.34. The molecule has 9 heteroatoms. The summed E-state index contributed by atoms with van der Waals surface area (Å²) in [5.41, 5.74) is 1.07. The van der Waals surface area contributed by atoms with Crippen LogP contribution < -0.4 is 4.74 Å². The number of halogens is 2. The molecule has 1 fully saturated rings. The van der Waals surface area contributed by atoms with Crippen LogP contribution in [0.4, 0.5) is 8.78 Å². The van der Waals surface area contributed by atoms with Crippen molar-refractivity contribution in [2.45, 2.75) is 11.8 Å². The average Bonchev–Trinajstić information content (AvgIpc) is 2.67.